The molecule has 0 amide bonds. The molecule has 108 valence electrons. The third-order valence-corrected chi connectivity index (χ3v) is 3.26. The first-order chi connectivity index (χ1) is 9.91. The van der Waals surface area contributed by atoms with E-state index in [0.29, 0.717) is 11.3 Å². The molecule has 0 aliphatic heterocycles. The van der Waals surface area contributed by atoms with Crippen LogP contribution in [0.3, 0.4) is 0 Å². The molecule has 2 rings (SSSR count). The van der Waals surface area contributed by atoms with E-state index in [1.165, 1.54) is 12.1 Å². The Morgan fingerprint density at radius 2 is 1.62 bits per heavy atom. The highest BCUT2D eigenvalue weighted by Crippen LogP contribution is 2.27. The summed E-state index contributed by atoms with van der Waals surface area (Å²) in [7, 11) is 0. The van der Waals surface area contributed by atoms with Crippen LogP contribution >= 0.6 is 0 Å². The summed E-state index contributed by atoms with van der Waals surface area (Å²) in [6.45, 7) is 3.44. The predicted octanol–water partition coefficient (Wildman–Crippen LogP) is 3.48. The first kappa shape index (κ1) is 14.7. The van der Waals surface area contributed by atoms with Crippen molar-refractivity contribution in [2.45, 2.75) is 19.3 Å². The Balaban J connectivity index is 2.20. The molecule has 0 unspecified atom stereocenters. The fraction of sp³-hybridized carbons (Fsp3) is 0.188. The van der Waals surface area contributed by atoms with Gasteiger partial charge >= 0.3 is 5.97 Å². The fourth-order valence-electron chi connectivity index (χ4n) is 1.84. The summed E-state index contributed by atoms with van der Waals surface area (Å²) < 4.78 is 5.34. The van der Waals surface area contributed by atoms with Gasteiger partial charge in [-0.1, -0.05) is 30.3 Å². The van der Waals surface area contributed by atoms with Crippen molar-refractivity contribution in [3.05, 3.63) is 70.3 Å². The first-order valence-electron chi connectivity index (χ1n) is 6.43. The van der Waals surface area contributed by atoms with Crippen LogP contribution in [0.4, 0.5) is 5.69 Å². The van der Waals surface area contributed by atoms with Crippen molar-refractivity contribution in [3.63, 3.8) is 0 Å². The minimum Gasteiger partial charge on any atom is -0.426 e. The lowest BCUT2D eigenvalue weighted by atomic mass is 9.84. The minimum atomic E-state index is -0.898. The second-order valence-electron chi connectivity index (χ2n) is 5.13. The SMILES string of the molecule is CC(C)(C(=O)Oc1ccccc1)c1ccc([N+](=O)[O-])cc1. The molecule has 0 atom stereocenters. The van der Waals surface area contributed by atoms with Crippen molar-refractivity contribution in [3.8, 4) is 5.75 Å². The average molecular weight is 285 g/mol. The Hall–Kier alpha value is -2.69. The van der Waals surface area contributed by atoms with Gasteiger partial charge in [-0.25, -0.2) is 0 Å². The highest BCUT2D eigenvalue weighted by atomic mass is 16.6. The van der Waals surface area contributed by atoms with E-state index in [1.807, 2.05) is 6.07 Å². The highest BCUT2D eigenvalue weighted by molar-refractivity contribution is 5.84. The molecule has 0 fully saturated rings. The van der Waals surface area contributed by atoms with Gasteiger partial charge in [0, 0.05) is 12.1 Å². The number of non-ortho nitro benzene ring substituents is 1. The molecule has 0 radical (unpaired) electrons. The van der Waals surface area contributed by atoms with E-state index < -0.39 is 16.3 Å². The van der Waals surface area contributed by atoms with Crippen LogP contribution in [0.25, 0.3) is 0 Å². The summed E-state index contributed by atoms with van der Waals surface area (Å²) in [5.41, 5.74) is -0.245. The topological polar surface area (TPSA) is 69.4 Å². The summed E-state index contributed by atoms with van der Waals surface area (Å²) in [6.07, 6.45) is 0. The van der Waals surface area contributed by atoms with Crippen molar-refractivity contribution >= 4 is 11.7 Å². The summed E-state index contributed by atoms with van der Waals surface area (Å²) >= 11 is 0. The number of nitrogens with zero attached hydrogens (tertiary/aromatic N) is 1. The number of para-hydroxylation sites is 1. The first-order valence-corrected chi connectivity index (χ1v) is 6.43. The molecule has 0 heterocycles. The maximum atomic E-state index is 12.3. The normalized spacial score (nSPS) is 11.0. The van der Waals surface area contributed by atoms with Crippen LogP contribution in [-0.2, 0) is 10.2 Å². The zero-order chi connectivity index (χ0) is 15.5. The van der Waals surface area contributed by atoms with Crippen LogP contribution in [0.1, 0.15) is 19.4 Å². The Morgan fingerprint density at radius 1 is 1.05 bits per heavy atom. The number of carbonyl (C=O) groups excluding carboxylic acids is 1. The number of ether oxygens (including phenoxy) is 1. The van der Waals surface area contributed by atoms with Gasteiger partial charge in [0.15, 0.2) is 0 Å². The molecule has 0 saturated carbocycles. The fourth-order valence-corrected chi connectivity index (χ4v) is 1.84. The minimum absolute atomic E-state index is 0.00835. The Bertz CT molecular complexity index is 648. The molecule has 0 aliphatic carbocycles. The Labute approximate surface area is 122 Å². The molecule has 2 aromatic rings. The molecule has 2 aromatic carbocycles. The second kappa shape index (κ2) is 5.75. The number of nitro groups is 1. The summed E-state index contributed by atoms with van der Waals surface area (Å²) in [6, 6.07) is 14.7. The molecule has 0 spiro atoms. The largest absolute Gasteiger partial charge is 0.426 e. The van der Waals surface area contributed by atoms with E-state index in [4.69, 9.17) is 4.74 Å². The molecule has 0 bridgehead atoms. The molecule has 0 saturated heterocycles. The van der Waals surface area contributed by atoms with Crippen molar-refractivity contribution in [1.82, 2.24) is 0 Å². The van der Waals surface area contributed by atoms with Crippen LogP contribution < -0.4 is 4.74 Å². The van der Waals surface area contributed by atoms with Crippen LogP contribution in [0, 0.1) is 10.1 Å². The summed E-state index contributed by atoms with van der Waals surface area (Å²) in [5.74, 6) is 0.0556. The molecule has 0 N–H and O–H groups in total. The third kappa shape index (κ3) is 3.25. The lowest BCUT2D eigenvalue weighted by Crippen LogP contribution is -2.33. The number of rotatable bonds is 4. The number of hydrogen-bond acceptors (Lipinski definition) is 4. The molecular weight excluding hydrogens is 270 g/mol. The van der Waals surface area contributed by atoms with E-state index in [9.17, 15) is 14.9 Å². The van der Waals surface area contributed by atoms with Crippen LogP contribution in [0.2, 0.25) is 0 Å². The number of esters is 1. The molecular formula is C16H15NO4. The molecule has 21 heavy (non-hydrogen) atoms. The molecule has 0 aliphatic rings. The monoisotopic (exact) mass is 285 g/mol. The number of nitro benzene ring substituents is 1. The van der Waals surface area contributed by atoms with E-state index in [-0.39, 0.29) is 5.69 Å². The predicted molar refractivity (Wildman–Crippen MR) is 78.2 cm³/mol. The second-order valence-corrected chi connectivity index (χ2v) is 5.13. The van der Waals surface area contributed by atoms with Crippen LogP contribution in [-0.4, -0.2) is 10.9 Å². The van der Waals surface area contributed by atoms with E-state index >= 15 is 0 Å². The van der Waals surface area contributed by atoms with Crippen LogP contribution in [0.5, 0.6) is 5.75 Å². The van der Waals surface area contributed by atoms with Gasteiger partial charge in [0.05, 0.1) is 10.3 Å². The lowest BCUT2D eigenvalue weighted by Gasteiger charge is -2.22. The zero-order valence-electron chi connectivity index (χ0n) is 11.8. The van der Waals surface area contributed by atoms with Crippen molar-refractivity contribution in [2.75, 3.05) is 0 Å². The van der Waals surface area contributed by atoms with Gasteiger partial charge in [-0.3, -0.25) is 14.9 Å². The van der Waals surface area contributed by atoms with E-state index in [2.05, 4.69) is 0 Å². The van der Waals surface area contributed by atoms with Crippen molar-refractivity contribution < 1.29 is 14.5 Å². The smallest absolute Gasteiger partial charge is 0.321 e. The summed E-state index contributed by atoms with van der Waals surface area (Å²) in [5, 5.41) is 10.7. The number of carbonyl (C=O) groups is 1. The maximum absolute atomic E-state index is 12.3. The molecule has 0 aromatic heterocycles. The summed E-state index contributed by atoms with van der Waals surface area (Å²) in [4.78, 5) is 22.5. The highest BCUT2D eigenvalue weighted by Gasteiger charge is 2.32. The molecule has 5 nitrogen and oxygen atoms in total. The van der Waals surface area contributed by atoms with Gasteiger partial charge in [-0.2, -0.15) is 0 Å². The van der Waals surface area contributed by atoms with E-state index in [1.54, 1.807) is 50.2 Å². The van der Waals surface area contributed by atoms with Gasteiger partial charge in [-0.15, -0.1) is 0 Å². The van der Waals surface area contributed by atoms with Crippen LogP contribution in [0.15, 0.2) is 54.6 Å². The van der Waals surface area contributed by atoms with Gasteiger partial charge in [-0.05, 0) is 31.5 Å². The average Bonchev–Trinajstić information content (AvgIpc) is 2.48. The van der Waals surface area contributed by atoms with Crippen molar-refractivity contribution in [2.24, 2.45) is 0 Å². The standard InChI is InChI=1S/C16H15NO4/c1-16(2,12-8-10-13(11-9-12)17(19)20)15(18)21-14-6-4-3-5-7-14/h3-11H,1-2H3. The number of benzene rings is 2. The van der Waals surface area contributed by atoms with E-state index in [0.717, 1.165) is 0 Å². The quantitative estimate of drug-likeness (QED) is 0.373. The third-order valence-electron chi connectivity index (χ3n) is 3.26. The van der Waals surface area contributed by atoms with Gasteiger partial charge < -0.3 is 4.74 Å². The number of hydrogen-bond donors (Lipinski definition) is 0. The maximum Gasteiger partial charge on any atom is 0.321 e. The Kier molecular flexibility index (Phi) is 4.03. The Morgan fingerprint density at radius 3 is 2.14 bits per heavy atom. The zero-order valence-corrected chi connectivity index (χ0v) is 11.8. The van der Waals surface area contributed by atoms with Gasteiger partial charge in [0.1, 0.15) is 5.75 Å². The lowest BCUT2D eigenvalue weighted by molar-refractivity contribution is -0.384. The van der Waals surface area contributed by atoms with Gasteiger partial charge in [0.25, 0.3) is 5.69 Å². The van der Waals surface area contributed by atoms with Crippen molar-refractivity contribution in [1.29, 1.82) is 0 Å². The van der Waals surface area contributed by atoms with Gasteiger partial charge in [0.2, 0.25) is 0 Å². The molecule has 5 heteroatoms.